The summed E-state index contributed by atoms with van der Waals surface area (Å²) in [6.07, 6.45) is 0.900. The number of benzene rings is 1. The number of anilines is 1. The molecule has 1 aromatic carbocycles. The molecular weight excluding hydrogens is 314 g/mol. The van der Waals surface area contributed by atoms with Crippen molar-refractivity contribution >= 4 is 33.5 Å². The fourth-order valence-corrected chi connectivity index (χ4v) is 3.05. The molecule has 0 fully saturated rings. The van der Waals surface area contributed by atoms with E-state index in [9.17, 15) is 14.7 Å². The van der Waals surface area contributed by atoms with Crippen molar-refractivity contribution in [2.75, 3.05) is 23.7 Å². The summed E-state index contributed by atoms with van der Waals surface area (Å²) >= 11 is 1.34. The summed E-state index contributed by atoms with van der Waals surface area (Å²) in [4.78, 5) is 24.7. The Morgan fingerprint density at radius 1 is 1.35 bits per heavy atom. The zero-order valence-electron chi connectivity index (χ0n) is 13.4. The van der Waals surface area contributed by atoms with Crippen LogP contribution in [0.3, 0.4) is 0 Å². The first-order valence-electron chi connectivity index (χ1n) is 7.61. The number of aliphatic hydroxyl groups excluding tert-OH is 1. The van der Waals surface area contributed by atoms with Gasteiger partial charge >= 0.3 is 5.63 Å². The molecule has 0 aliphatic heterocycles. The predicted octanol–water partition coefficient (Wildman–Crippen LogP) is 2.78. The maximum atomic E-state index is 11.6. The van der Waals surface area contributed by atoms with E-state index >= 15 is 0 Å². The van der Waals surface area contributed by atoms with Gasteiger partial charge in [-0.3, -0.25) is 4.79 Å². The van der Waals surface area contributed by atoms with Crippen LogP contribution in [0.4, 0.5) is 5.69 Å². The molecule has 124 valence electrons. The first kappa shape index (κ1) is 17.6. The van der Waals surface area contributed by atoms with E-state index in [1.54, 1.807) is 6.92 Å². The Morgan fingerprint density at radius 3 is 2.78 bits per heavy atom. The lowest BCUT2D eigenvalue weighted by Crippen LogP contribution is -2.24. The monoisotopic (exact) mass is 335 g/mol. The molecule has 1 N–H and O–H groups in total. The van der Waals surface area contributed by atoms with Gasteiger partial charge in [0.2, 0.25) is 0 Å². The average Bonchev–Trinajstić information content (AvgIpc) is 2.53. The molecule has 1 heterocycles. The lowest BCUT2D eigenvalue weighted by Gasteiger charge is -2.23. The average molecular weight is 335 g/mol. The SMILES string of the molecule is CCN(CCCSC(C)=O)c1ccc2c(CO)cc(=O)oc2c1. The van der Waals surface area contributed by atoms with Gasteiger partial charge in [0.15, 0.2) is 5.12 Å². The van der Waals surface area contributed by atoms with Gasteiger partial charge in [-0.05, 0) is 31.0 Å². The minimum Gasteiger partial charge on any atom is -0.423 e. The minimum atomic E-state index is -0.459. The van der Waals surface area contributed by atoms with E-state index in [0.29, 0.717) is 11.1 Å². The molecule has 0 radical (unpaired) electrons. The van der Waals surface area contributed by atoms with Crippen molar-refractivity contribution in [3.05, 3.63) is 40.2 Å². The molecule has 1 aromatic heterocycles. The third-order valence-electron chi connectivity index (χ3n) is 3.61. The van der Waals surface area contributed by atoms with Crippen molar-refractivity contribution in [2.45, 2.75) is 26.9 Å². The van der Waals surface area contributed by atoms with Gasteiger partial charge in [0, 0.05) is 49.0 Å². The Labute approximate surface area is 139 Å². The van der Waals surface area contributed by atoms with E-state index < -0.39 is 5.63 Å². The van der Waals surface area contributed by atoms with Crippen LogP contribution in [0.1, 0.15) is 25.8 Å². The van der Waals surface area contributed by atoms with E-state index in [1.165, 1.54) is 17.8 Å². The third kappa shape index (κ3) is 4.59. The van der Waals surface area contributed by atoms with Gasteiger partial charge in [-0.2, -0.15) is 0 Å². The summed E-state index contributed by atoms with van der Waals surface area (Å²) < 4.78 is 5.25. The summed E-state index contributed by atoms with van der Waals surface area (Å²) in [6, 6.07) is 6.98. The van der Waals surface area contributed by atoms with Crippen molar-refractivity contribution in [3.8, 4) is 0 Å². The van der Waals surface area contributed by atoms with Crippen LogP contribution >= 0.6 is 11.8 Å². The maximum Gasteiger partial charge on any atom is 0.336 e. The van der Waals surface area contributed by atoms with Gasteiger partial charge in [0.25, 0.3) is 0 Å². The second-order valence-corrected chi connectivity index (χ2v) is 6.47. The maximum absolute atomic E-state index is 11.6. The van der Waals surface area contributed by atoms with E-state index in [4.69, 9.17) is 4.42 Å². The zero-order valence-corrected chi connectivity index (χ0v) is 14.2. The Hall–Kier alpha value is -1.79. The Bertz CT molecular complexity index is 741. The summed E-state index contributed by atoms with van der Waals surface area (Å²) in [5.74, 6) is 0.795. The van der Waals surface area contributed by atoms with Gasteiger partial charge in [0.05, 0.1) is 6.61 Å². The van der Waals surface area contributed by atoms with Gasteiger partial charge in [-0.15, -0.1) is 0 Å². The summed E-state index contributed by atoms with van der Waals surface area (Å²) in [5, 5.41) is 10.2. The van der Waals surface area contributed by atoms with E-state index in [-0.39, 0.29) is 11.7 Å². The molecule has 0 unspecified atom stereocenters. The molecule has 0 saturated heterocycles. The third-order valence-corrected chi connectivity index (χ3v) is 4.51. The fourth-order valence-electron chi connectivity index (χ4n) is 2.49. The van der Waals surface area contributed by atoms with E-state index in [1.807, 2.05) is 18.2 Å². The highest BCUT2D eigenvalue weighted by atomic mass is 32.2. The summed E-state index contributed by atoms with van der Waals surface area (Å²) in [7, 11) is 0. The molecule has 23 heavy (non-hydrogen) atoms. The number of rotatable bonds is 7. The lowest BCUT2D eigenvalue weighted by atomic mass is 10.1. The number of fused-ring (bicyclic) bond motifs is 1. The van der Waals surface area contributed by atoms with Gasteiger partial charge in [-0.25, -0.2) is 4.79 Å². The molecule has 0 amide bonds. The van der Waals surface area contributed by atoms with Crippen LogP contribution < -0.4 is 10.5 Å². The normalized spacial score (nSPS) is 10.9. The highest BCUT2D eigenvalue weighted by Crippen LogP contribution is 2.24. The van der Waals surface area contributed by atoms with Crippen LogP contribution in [0.15, 0.2) is 33.5 Å². The molecule has 0 atom stereocenters. The van der Waals surface area contributed by atoms with Crippen molar-refractivity contribution in [1.29, 1.82) is 0 Å². The molecule has 2 aromatic rings. The van der Waals surface area contributed by atoms with Crippen LogP contribution in [0.25, 0.3) is 11.0 Å². The van der Waals surface area contributed by atoms with Crippen LogP contribution in [-0.2, 0) is 11.4 Å². The second-order valence-electron chi connectivity index (χ2n) is 5.20. The van der Waals surface area contributed by atoms with E-state index in [0.717, 1.165) is 36.3 Å². The Morgan fingerprint density at radius 2 is 2.13 bits per heavy atom. The first-order valence-corrected chi connectivity index (χ1v) is 8.59. The second kappa shape index (κ2) is 8.17. The van der Waals surface area contributed by atoms with Crippen molar-refractivity contribution in [3.63, 3.8) is 0 Å². The quantitative estimate of drug-likeness (QED) is 0.620. The van der Waals surface area contributed by atoms with Crippen molar-refractivity contribution < 1.29 is 14.3 Å². The van der Waals surface area contributed by atoms with Gasteiger partial charge in [0.1, 0.15) is 5.58 Å². The number of hydrogen-bond donors (Lipinski definition) is 1. The highest BCUT2D eigenvalue weighted by Gasteiger charge is 2.09. The van der Waals surface area contributed by atoms with Crippen LogP contribution in [-0.4, -0.2) is 29.1 Å². The number of hydrogen-bond acceptors (Lipinski definition) is 6. The molecular formula is C17H21NO4S. The largest absolute Gasteiger partial charge is 0.423 e. The molecule has 0 aliphatic rings. The summed E-state index contributed by atoms with van der Waals surface area (Å²) in [5.41, 5.74) is 1.56. The standard InChI is InChI=1S/C17H21NO4S/c1-3-18(7-4-8-23-12(2)20)14-5-6-15-13(11-19)9-17(21)22-16(15)10-14/h5-6,9-10,19H,3-4,7-8,11H2,1-2H3. The lowest BCUT2D eigenvalue weighted by molar-refractivity contribution is -0.109. The van der Waals surface area contributed by atoms with Gasteiger partial charge in [-0.1, -0.05) is 11.8 Å². The molecule has 5 nitrogen and oxygen atoms in total. The predicted molar refractivity (Wildman–Crippen MR) is 94.0 cm³/mol. The number of thioether (sulfide) groups is 1. The van der Waals surface area contributed by atoms with Crippen LogP contribution in [0.2, 0.25) is 0 Å². The number of nitrogens with zero attached hydrogens (tertiary/aromatic N) is 1. The fraction of sp³-hybridized carbons (Fsp3) is 0.412. The molecule has 0 spiro atoms. The Kier molecular flexibility index (Phi) is 6.24. The number of carbonyl (C=O) groups is 1. The molecule has 2 rings (SSSR count). The summed E-state index contributed by atoms with van der Waals surface area (Å²) in [6.45, 7) is 5.09. The van der Waals surface area contributed by atoms with Crippen LogP contribution in [0, 0.1) is 0 Å². The number of carbonyl (C=O) groups excluding carboxylic acids is 1. The van der Waals surface area contributed by atoms with Crippen molar-refractivity contribution in [1.82, 2.24) is 0 Å². The molecule has 0 bridgehead atoms. The molecule has 0 aliphatic carbocycles. The zero-order chi connectivity index (χ0) is 16.8. The van der Waals surface area contributed by atoms with Crippen LogP contribution in [0.5, 0.6) is 0 Å². The van der Waals surface area contributed by atoms with Crippen molar-refractivity contribution in [2.24, 2.45) is 0 Å². The molecule has 6 heteroatoms. The smallest absolute Gasteiger partial charge is 0.336 e. The minimum absolute atomic E-state index is 0.136. The molecule has 0 saturated carbocycles. The highest BCUT2D eigenvalue weighted by molar-refractivity contribution is 8.13. The van der Waals surface area contributed by atoms with Gasteiger partial charge < -0.3 is 14.4 Å². The van der Waals surface area contributed by atoms with E-state index in [2.05, 4.69) is 11.8 Å². The topological polar surface area (TPSA) is 70.8 Å². The Balaban J connectivity index is 2.20. The number of aliphatic hydroxyl groups is 1. The first-order chi connectivity index (χ1) is 11.0.